The van der Waals surface area contributed by atoms with Gasteiger partial charge in [0.1, 0.15) is 0 Å². The molecule has 0 aromatic heterocycles. The Balaban J connectivity index is 0. The monoisotopic (exact) mass is 82.0 g/mol. The molecule has 0 saturated carbocycles. The molecule has 0 aliphatic rings. The van der Waals surface area contributed by atoms with Crippen LogP contribution in [0.25, 0.3) is 0 Å². The molecule has 0 aliphatic carbocycles. The lowest BCUT2D eigenvalue weighted by Gasteiger charge is -1.20. The molecule has 0 aliphatic heterocycles. The fourth-order valence-corrected chi connectivity index (χ4v) is 0. The summed E-state index contributed by atoms with van der Waals surface area (Å²) in [5.74, 6) is 0.222. The van der Waals surface area contributed by atoms with Crippen molar-refractivity contribution in [2.75, 3.05) is 0 Å². The lowest BCUT2D eigenvalue weighted by Crippen LogP contribution is -1.24. The summed E-state index contributed by atoms with van der Waals surface area (Å²) in [4.78, 5) is 8.57. The third kappa shape index (κ3) is 254. The molecule has 0 fully saturated rings. The largest absolute Gasteiger partial charge is 0.412 e. The lowest BCUT2D eigenvalue weighted by atomic mass is 11.8. The molecule has 0 radical (unpaired) electrons. The molecule has 3 heteroatoms. The van der Waals surface area contributed by atoms with E-state index in [4.69, 9.17) is 4.79 Å². The third-order valence-electron chi connectivity index (χ3n) is 0. The Hall–Kier alpha value is -0.0800. The van der Waals surface area contributed by atoms with Gasteiger partial charge in [0, 0.05) is 0 Å². The smallest absolute Gasteiger partial charge is 0.208 e. The van der Waals surface area contributed by atoms with Crippen molar-refractivity contribution in [3.05, 3.63) is 0 Å². The van der Waals surface area contributed by atoms with E-state index in [2.05, 4.69) is 11.6 Å². The first-order chi connectivity index (χ1) is 1.41. The summed E-state index contributed by atoms with van der Waals surface area (Å²) in [5, 5.41) is 0. The zero-order valence-corrected chi connectivity index (χ0v) is 2.62. The normalized spacial score (nSPS) is 3.25. The Kier molecular flexibility index (Phi) is 28.8. The minimum Gasteiger partial charge on any atom is -0.412 e. The van der Waals surface area contributed by atoms with Crippen molar-refractivity contribution in [1.29, 1.82) is 0 Å². The Morgan fingerprint density at radius 1 is 1.75 bits per heavy atom. The SMILES string of the molecule is O.O=CCl. The summed E-state index contributed by atoms with van der Waals surface area (Å²) >= 11 is 4.32. The molecule has 0 aromatic carbocycles. The maximum atomic E-state index is 8.57. The van der Waals surface area contributed by atoms with Gasteiger partial charge in [-0.25, -0.2) is 0 Å². The van der Waals surface area contributed by atoms with Crippen molar-refractivity contribution in [3.63, 3.8) is 0 Å². The highest BCUT2D eigenvalue weighted by Crippen LogP contribution is 1.42. The molecule has 0 spiro atoms. The first kappa shape index (κ1) is 9.07. The molecule has 0 heterocycles. The summed E-state index contributed by atoms with van der Waals surface area (Å²) in [6.07, 6.45) is 0. The number of halogens is 1. The van der Waals surface area contributed by atoms with Gasteiger partial charge in [0.15, 0.2) is 0 Å². The summed E-state index contributed by atoms with van der Waals surface area (Å²) in [7, 11) is 0. The zero-order chi connectivity index (χ0) is 2.71. The van der Waals surface area contributed by atoms with Crippen molar-refractivity contribution < 1.29 is 10.3 Å². The Morgan fingerprint density at radius 2 is 1.75 bits per heavy atom. The molecule has 2 N–H and O–H groups in total. The summed E-state index contributed by atoms with van der Waals surface area (Å²) in [5.41, 5.74) is 0. The summed E-state index contributed by atoms with van der Waals surface area (Å²) < 4.78 is 0. The zero-order valence-electron chi connectivity index (χ0n) is 1.86. The lowest BCUT2D eigenvalue weighted by molar-refractivity contribution is 0.569. The molecule has 0 unspecified atom stereocenters. The molecule has 26 valence electrons. The highest BCUT2D eigenvalue weighted by atomic mass is 35.5. The molecule has 0 atom stereocenters. The Bertz CT molecular complexity index is 13.5. The molecular weight excluding hydrogens is 79.5 g/mol. The minimum atomic E-state index is 0. The van der Waals surface area contributed by atoms with Crippen LogP contribution in [-0.2, 0) is 4.79 Å². The van der Waals surface area contributed by atoms with Gasteiger partial charge in [-0.2, -0.15) is 0 Å². The second-order valence-corrected chi connectivity index (χ2v) is 0.267. The first-order valence-electron chi connectivity index (χ1n) is 0.454. The van der Waals surface area contributed by atoms with Crippen LogP contribution in [0.5, 0.6) is 0 Å². The number of carbonyl (C=O) groups is 1. The fourth-order valence-electron chi connectivity index (χ4n) is 0. The predicted octanol–water partition coefficient (Wildman–Crippen LogP) is -0.409. The van der Waals surface area contributed by atoms with Gasteiger partial charge in [-0.15, -0.1) is 0 Å². The predicted molar refractivity (Wildman–Crippen MR) is 16.2 cm³/mol. The summed E-state index contributed by atoms with van der Waals surface area (Å²) in [6.45, 7) is 0. The maximum Gasteiger partial charge on any atom is 0.208 e. The maximum absolute atomic E-state index is 8.57. The highest BCUT2D eigenvalue weighted by Gasteiger charge is 1.28. The molecule has 0 aromatic rings. The van der Waals surface area contributed by atoms with E-state index in [1.165, 1.54) is 0 Å². The van der Waals surface area contributed by atoms with Crippen LogP contribution in [0.1, 0.15) is 0 Å². The van der Waals surface area contributed by atoms with Crippen LogP contribution in [0.4, 0.5) is 0 Å². The Morgan fingerprint density at radius 3 is 1.75 bits per heavy atom. The van der Waals surface area contributed by atoms with Crippen LogP contribution < -0.4 is 0 Å². The van der Waals surface area contributed by atoms with Crippen LogP contribution in [0, 0.1) is 0 Å². The second-order valence-electron chi connectivity index (χ2n) is 0.0891. The number of rotatable bonds is 0. The van der Waals surface area contributed by atoms with Crippen LogP contribution >= 0.6 is 11.6 Å². The highest BCUT2D eigenvalue weighted by molar-refractivity contribution is 6.54. The van der Waals surface area contributed by atoms with Gasteiger partial charge in [0.2, 0.25) is 5.75 Å². The van der Waals surface area contributed by atoms with E-state index in [-0.39, 0.29) is 11.2 Å². The molecular formula is CH3ClO2. The van der Waals surface area contributed by atoms with Gasteiger partial charge in [-0.3, -0.25) is 4.79 Å². The molecule has 0 amide bonds. The average molecular weight is 82.5 g/mol. The van der Waals surface area contributed by atoms with Gasteiger partial charge < -0.3 is 5.48 Å². The molecule has 4 heavy (non-hydrogen) atoms. The van der Waals surface area contributed by atoms with Gasteiger partial charge in [-0.1, -0.05) is 0 Å². The van der Waals surface area contributed by atoms with Crippen molar-refractivity contribution in [2.24, 2.45) is 0 Å². The quantitative estimate of drug-likeness (QED) is 0.290. The standard InChI is InChI=1S/CHClO.H2O/c2-1-3;/h1H;1H2. The third-order valence-corrected chi connectivity index (χ3v) is 0. The van der Waals surface area contributed by atoms with Crippen molar-refractivity contribution >= 4 is 17.3 Å². The molecule has 0 rings (SSSR count). The topological polar surface area (TPSA) is 48.6 Å². The van der Waals surface area contributed by atoms with Gasteiger partial charge >= 0.3 is 0 Å². The van der Waals surface area contributed by atoms with E-state index < -0.39 is 0 Å². The fraction of sp³-hybridized carbons (Fsp3) is 0. The van der Waals surface area contributed by atoms with E-state index in [9.17, 15) is 0 Å². The summed E-state index contributed by atoms with van der Waals surface area (Å²) in [6, 6.07) is 0. The van der Waals surface area contributed by atoms with E-state index >= 15 is 0 Å². The molecule has 2 nitrogen and oxygen atoms in total. The van der Waals surface area contributed by atoms with E-state index in [1.54, 1.807) is 0 Å². The number of hydrogen-bond acceptors (Lipinski definition) is 1. The molecule has 0 saturated heterocycles. The van der Waals surface area contributed by atoms with E-state index in [0.717, 1.165) is 0 Å². The van der Waals surface area contributed by atoms with Gasteiger partial charge in [-0.05, 0) is 11.6 Å². The van der Waals surface area contributed by atoms with E-state index in [1.807, 2.05) is 0 Å². The minimum absolute atomic E-state index is 0. The van der Waals surface area contributed by atoms with Crippen LogP contribution in [-0.4, -0.2) is 11.2 Å². The van der Waals surface area contributed by atoms with Crippen molar-refractivity contribution in [3.8, 4) is 0 Å². The van der Waals surface area contributed by atoms with Crippen LogP contribution in [0.3, 0.4) is 0 Å². The molecule has 0 bridgehead atoms. The van der Waals surface area contributed by atoms with E-state index in [0.29, 0.717) is 0 Å². The van der Waals surface area contributed by atoms with Crippen molar-refractivity contribution in [2.45, 2.75) is 0 Å². The number of carbonyl (C=O) groups excluding carboxylic acids is 1. The van der Waals surface area contributed by atoms with Crippen LogP contribution in [0.15, 0.2) is 0 Å². The first-order valence-corrected chi connectivity index (χ1v) is 0.890. The Labute approximate surface area is 28.7 Å². The van der Waals surface area contributed by atoms with Gasteiger partial charge in [0.25, 0.3) is 0 Å². The second kappa shape index (κ2) is 12.7. The van der Waals surface area contributed by atoms with Gasteiger partial charge in [0.05, 0.1) is 0 Å². The number of hydrogen-bond donors (Lipinski definition) is 0. The average Bonchev–Trinajstić information content (AvgIpc) is 0.918. The van der Waals surface area contributed by atoms with Crippen LogP contribution in [0.2, 0.25) is 0 Å². The van der Waals surface area contributed by atoms with Crippen molar-refractivity contribution in [1.82, 2.24) is 0 Å².